The minimum Gasteiger partial charge on any atom is -0.343 e. The number of amides is 2. The number of aromatic nitrogens is 1. The summed E-state index contributed by atoms with van der Waals surface area (Å²) in [6, 6.07) is 12.7. The van der Waals surface area contributed by atoms with E-state index in [0.717, 1.165) is 45.4 Å². The van der Waals surface area contributed by atoms with Crippen molar-refractivity contribution in [3.05, 3.63) is 64.9 Å². The molecule has 0 spiro atoms. The van der Waals surface area contributed by atoms with Gasteiger partial charge in [0.05, 0.1) is 17.1 Å². The molecule has 1 unspecified atom stereocenters. The Labute approximate surface area is 182 Å². The van der Waals surface area contributed by atoms with Gasteiger partial charge in [-0.1, -0.05) is 41.9 Å². The van der Waals surface area contributed by atoms with Crippen LogP contribution in [0.25, 0.3) is 0 Å². The van der Waals surface area contributed by atoms with Gasteiger partial charge in [-0.2, -0.15) is 0 Å². The summed E-state index contributed by atoms with van der Waals surface area (Å²) >= 11 is 5.87. The number of nitrogens with one attached hydrogen (secondary N) is 1. The third kappa shape index (κ3) is 4.99. The van der Waals surface area contributed by atoms with Gasteiger partial charge in [0.1, 0.15) is 0 Å². The summed E-state index contributed by atoms with van der Waals surface area (Å²) in [7, 11) is 0. The van der Waals surface area contributed by atoms with Crippen molar-refractivity contribution in [2.45, 2.75) is 31.2 Å². The van der Waals surface area contributed by atoms with Crippen LogP contribution < -0.4 is 5.32 Å². The zero-order valence-corrected chi connectivity index (χ0v) is 17.7. The smallest absolute Gasteiger partial charge is 0.253 e. The molecule has 0 aliphatic carbocycles. The SMILES string of the molecule is O=C(NCC(=O)N1CCC(N2CCC(c3ccccc3)CC2)C1)c1cncc(Cl)c1. The topological polar surface area (TPSA) is 65.5 Å². The number of carbonyl (C=O) groups excluding carboxylic acids is 2. The second-order valence-electron chi connectivity index (χ2n) is 8.08. The van der Waals surface area contributed by atoms with Crippen LogP contribution in [0.2, 0.25) is 5.02 Å². The maximum Gasteiger partial charge on any atom is 0.253 e. The highest BCUT2D eigenvalue weighted by Crippen LogP contribution is 2.30. The third-order valence-electron chi connectivity index (χ3n) is 6.20. The Bertz CT molecular complexity index is 884. The standard InChI is InChI=1S/C23H27ClN4O2/c24-20-12-19(13-25-14-20)23(30)26-15-22(29)28-11-8-21(16-28)27-9-6-18(7-10-27)17-4-2-1-3-5-17/h1-5,12-14,18,21H,6-11,15-16H2,(H,26,30). The van der Waals surface area contributed by atoms with Crippen molar-refractivity contribution in [1.82, 2.24) is 20.1 Å². The number of halogens is 1. The number of pyridine rings is 1. The fraction of sp³-hybridized carbons (Fsp3) is 0.435. The van der Waals surface area contributed by atoms with Crippen LogP contribution in [0.15, 0.2) is 48.8 Å². The molecule has 1 atom stereocenters. The number of hydrogen-bond acceptors (Lipinski definition) is 4. The van der Waals surface area contributed by atoms with Crippen LogP contribution in [0.1, 0.15) is 41.1 Å². The van der Waals surface area contributed by atoms with Gasteiger partial charge in [0.15, 0.2) is 0 Å². The quantitative estimate of drug-likeness (QED) is 0.798. The summed E-state index contributed by atoms with van der Waals surface area (Å²) in [6.45, 7) is 3.63. The highest BCUT2D eigenvalue weighted by atomic mass is 35.5. The maximum absolute atomic E-state index is 12.6. The van der Waals surface area contributed by atoms with Gasteiger partial charge in [-0.3, -0.25) is 19.5 Å². The minimum atomic E-state index is -0.336. The molecule has 0 bridgehead atoms. The Morgan fingerprint density at radius 1 is 1.07 bits per heavy atom. The number of likely N-dealkylation sites (tertiary alicyclic amines) is 2. The van der Waals surface area contributed by atoms with Crippen molar-refractivity contribution in [2.75, 3.05) is 32.7 Å². The zero-order chi connectivity index (χ0) is 20.9. The lowest BCUT2D eigenvalue weighted by atomic mass is 9.89. The second kappa shape index (κ2) is 9.58. The Hall–Kier alpha value is -2.44. The number of piperidine rings is 1. The molecular formula is C23H27ClN4O2. The fourth-order valence-corrected chi connectivity index (χ4v) is 4.67. The summed E-state index contributed by atoms with van der Waals surface area (Å²) in [5.41, 5.74) is 1.79. The Morgan fingerprint density at radius 2 is 1.83 bits per heavy atom. The first kappa shape index (κ1) is 20.8. The van der Waals surface area contributed by atoms with Gasteiger partial charge in [0, 0.05) is 31.5 Å². The van der Waals surface area contributed by atoms with Crippen molar-refractivity contribution in [2.24, 2.45) is 0 Å². The molecule has 4 rings (SSSR count). The molecule has 2 fully saturated rings. The molecule has 158 valence electrons. The van der Waals surface area contributed by atoms with E-state index < -0.39 is 0 Å². The number of rotatable bonds is 5. The molecule has 2 aromatic rings. The average molecular weight is 427 g/mol. The molecule has 2 aliphatic rings. The Kier molecular flexibility index (Phi) is 6.65. The van der Waals surface area contributed by atoms with E-state index in [1.165, 1.54) is 18.0 Å². The van der Waals surface area contributed by atoms with E-state index in [9.17, 15) is 9.59 Å². The van der Waals surface area contributed by atoms with Gasteiger partial charge in [-0.15, -0.1) is 0 Å². The normalized spacial score (nSPS) is 20.3. The van der Waals surface area contributed by atoms with Crippen molar-refractivity contribution in [3.63, 3.8) is 0 Å². The van der Waals surface area contributed by atoms with Crippen LogP contribution >= 0.6 is 11.6 Å². The predicted octanol–water partition coefficient (Wildman–Crippen LogP) is 2.95. The fourth-order valence-electron chi connectivity index (χ4n) is 4.50. The van der Waals surface area contributed by atoms with E-state index in [1.54, 1.807) is 6.07 Å². The molecule has 0 radical (unpaired) electrons. The second-order valence-corrected chi connectivity index (χ2v) is 8.51. The molecule has 1 aromatic heterocycles. The zero-order valence-electron chi connectivity index (χ0n) is 17.0. The molecule has 1 N–H and O–H groups in total. The largest absolute Gasteiger partial charge is 0.343 e. The van der Waals surface area contributed by atoms with Gasteiger partial charge >= 0.3 is 0 Å². The molecule has 3 heterocycles. The summed E-state index contributed by atoms with van der Waals surface area (Å²) in [4.78, 5) is 33.1. The van der Waals surface area contributed by atoms with Gasteiger partial charge in [0.2, 0.25) is 5.91 Å². The third-order valence-corrected chi connectivity index (χ3v) is 6.41. The number of benzene rings is 1. The van der Waals surface area contributed by atoms with Crippen LogP contribution in [0, 0.1) is 0 Å². The molecule has 2 aliphatic heterocycles. The van der Waals surface area contributed by atoms with Gasteiger partial charge in [-0.05, 0) is 49.9 Å². The van der Waals surface area contributed by atoms with E-state index in [0.29, 0.717) is 22.5 Å². The van der Waals surface area contributed by atoms with Gasteiger partial charge < -0.3 is 10.2 Å². The van der Waals surface area contributed by atoms with Gasteiger partial charge in [-0.25, -0.2) is 0 Å². The number of nitrogens with zero attached hydrogens (tertiary/aromatic N) is 3. The van der Waals surface area contributed by atoms with Crippen molar-refractivity contribution >= 4 is 23.4 Å². The van der Waals surface area contributed by atoms with E-state index >= 15 is 0 Å². The van der Waals surface area contributed by atoms with Crippen LogP contribution in [0.3, 0.4) is 0 Å². The highest BCUT2D eigenvalue weighted by Gasteiger charge is 2.32. The first-order chi connectivity index (χ1) is 14.6. The maximum atomic E-state index is 12.6. The van der Waals surface area contributed by atoms with Crippen molar-refractivity contribution in [1.29, 1.82) is 0 Å². The molecular weight excluding hydrogens is 400 g/mol. The summed E-state index contributed by atoms with van der Waals surface area (Å²) in [5, 5.41) is 3.07. The van der Waals surface area contributed by atoms with E-state index in [2.05, 4.69) is 45.5 Å². The molecule has 7 heteroatoms. The lowest BCUT2D eigenvalue weighted by molar-refractivity contribution is -0.129. The first-order valence-electron chi connectivity index (χ1n) is 10.6. The molecule has 2 saturated heterocycles. The van der Waals surface area contributed by atoms with E-state index in [4.69, 9.17) is 11.6 Å². The number of carbonyl (C=O) groups is 2. The van der Waals surface area contributed by atoms with Crippen LogP contribution in [-0.2, 0) is 4.79 Å². The Morgan fingerprint density at radius 3 is 2.57 bits per heavy atom. The first-order valence-corrected chi connectivity index (χ1v) is 10.9. The average Bonchev–Trinajstić information content (AvgIpc) is 3.28. The molecule has 0 saturated carbocycles. The Balaban J connectivity index is 1.22. The van der Waals surface area contributed by atoms with Crippen molar-refractivity contribution < 1.29 is 9.59 Å². The molecule has 30 heavy (non-hydrogen) atoms. The van der Waals surface area contributed by atoms with Crippen LogP contribution in [0.4, 0.5) is 0 Å². The molecule has 2 amide bonds. The van der Waals surface area contributed by atoms with Crippen molar-refractivity contribution in [3.8, 4) is 0 Å². The van der Waals surface area contributed by atoms with E-state index in [1.807, 2.05) is 4.90 Å². The van der Waals surface area contributed by atoms with E-state index in [-0.39, 0.29) is 18.4 Å². The minimum absolute atomic E-state index is 0.00581. The highest BCUT2D eigenvalue weighted by molar-refractivity contribution is 6.30. The molecule has 6 nitrogen and oxygen atoms in total. The summed E-state index contributed by atoms with van der Waals surface area (Å²) < 4.78 is 0. The number of hydrogen-bond donors (Lipinski definition) is 1. The van der Waals surface area contributed by atoms with Gasteiger partial charge in [0.25, 0.3) is 5.91 Å². The predicted molar refractivity (Wildman–Crippen MR) is 117 cm³/mol. The van der Waals surface area contributed by atoms with Crippen LogP contribution in [0.5, 0.6) is 0 Å². The molecule has 1 aromatic carbocycles. The monoisotopic (exact) mass is 426 g/mol. The van der Waals surface area contributed by atoms with Crippen LogP contribution in [-0.4, -0.2) is 65.4 Å². The lowest BCUT2D eigenvalue weighted by Crippen LogP contribution is -2.44. The summed E-state index contributed by atoms with van der Waals surface area (Å²) in [6.07, 6.45) is 6.23. The lowest BCUT2D eigenvalue weighted by Gasteiger charge is -2.36. The summed E-state index contributed by atoms with van der Waals surface area (Å²) in [5.74, 6) is 0.259.